The standard InChI is InChI=1S/C11H17NO2S/c1-8(11(13)14-3)6-12-7-10-5-4-9(2)15-10/h4-5,8,12H,6-7H2,1-3H3. The van der Waals surface area contributed by atoms with Crippen LogP contribution in [0.2, 0.25) is 0 Å². The van der Waals surface area contributed by atoms with Crippen LogP contribution in [0.25, 0.3) is 0 Å². The number of carbonyl (C=O) groups is 1. The minimum absolute atomic E-state index is 0.0870. The van der Waals surface area contributed by atoms with Gasteiger partial charge in [-0.25, -0.2) is 0 Å². The molecule has 0 saturated carbocycles. The summed E-state index contributed by atoms with van der Waals surface area (Å²) in [5.41, 5.74) is 0. The van der Waals surface area contributed by atoms with Crippen molar-refractivity contribution in [2.75, 3.05) is 13.7 Å². The Labute approximate surface area is 94.5 Å². The summed E-state index contributed by atoms with van der Waals surface area (Å²) in [5.74, 6) is -0.249. The summed E-state index contributed by atoms with van der Waals surface area (Å²) in [7, 11) is 1.42. The van der Waals surface area contributed by atoms with Crippen LogP contribution in [-0.2, 0) is 16.1 Å². The number of thiophene rings is 1. The van der Waals surface area contributed by atoms with E-state index in [-0.39, 0.29) is 11.9 Å². The second-order valence-electron chi connectivity index (χ2n) is 3.57. The van der Waals surface area contributed by atoms with Crippen molar-refractivity contribution in [1.82, 2.24) is 5.32 Å². The van der Waals surface area contributed by atoms with E-state index >= 15 is 0 Å². The number of hydrogen-bond donors (Lipinski definition) is 1. The maximum atomic E-state index is 11.1. The molecule has 0 fully saturated rings. The molecule has 1 aromatic heterocycles. The molecule has 0 aliphatic carbocycles. The first kappa shape index (κ1) is 12.2. The van der Waals surface area contributed by atoms with Crippen molar-refractivity contribution in [2.24, 2.45) is 5.92 Å². The molecule has 1 unspecified atom stereocenters. The van der Waals surface area contributed by atoms with Crippen molar-refractivity contribution in [2.45, 2.75) is 20.4 Å². The number of nitrogens with one attached hydrogen (secondary N) is 1. The van der Waals surface area contributed by atoms with E-state index in [4.69, 9.17) is 0 Å². The van der Waals surface area contributed by atoms with Gasteiger partial charge in [0, 0.05) is 22.8 Å². The quantitative estimate of drug-likeness (QED) is 0.781. The lowest BCUT2D eigenvalue weighted by atomic mass is 10.2. The van der Waals surface area contributed by atoms with E-state index in [0.29, 0.717) is 6.54 Å². The zero-order valence-electron chi connectivity index (χ0n) is 9.37. The van der Waals surface area contributed by atoms with Gasteiger partial charge in [-0.2, -0.15) is 0 Å². The second kappa shape index (κ2) is 5.88. The average molecular weight is 227 g/mol. The predicted molar refractivity (Wildman–Crippen MR) is 61.9 cm³/mol. The number of esters is 1. The zero-order chi connectivity index (χ0) is 11.3. The Balaban J connectivity index is 2.24. The van der Waals surface area contributed by atoms with E-state index < -0.39 is 0 Å². The third kappa shape index (κ3) is 4.01. The number of rotatable bonds is 5. The Morgan fingerprint density at radius 2 is 2.33 bits per heavy atom. The van der Waals surface area contributed by atoms with Crippen LogP contribution >= 0.6 is 11.3 Å². The predicted octanol–water partition coefficient (Wildman–Crippen LogP) is 1.96. The number of hydrogen-bond acceptors (Lipinski definition) is 4. The topological polar surface area (TPSA) is 38.3 Å². The van der Waals surface area contributed by atoms with E-state index in [1.807, 2.05) is 6.92 Å². The Morgan fingerprint density at radius 3 is 2.87 bits per heavy atom. The second-order valence-corrected chi connectivity index (χ2v) is 4.94. The summed E-state index contributed by atoms with van der Waals surface area (Å²) in [6.45, 7) is 5.42. The monoisotopic (exact) mass is 227 g/mol. The largest absolute Gasteiger partial charge is 0.469 e. The maximum absolute atomic E-state index is 11.1. The lowest BCUT2D eigenvalue weighted by Gasteiger charge is -2.09. The minimum Gasteiger partial charge on any atom is -0.469 e. The smallest absolute Gasteiger partial charge is 0.309 e. The van der Waals surface area contributed by atoms with Gasteiger partial charge < -0.3 is 10.1 Å². The molecule has 84 valence electrons. The Kier molecular flexibility index (Phi) is 4.78. The van der Waals surface area contributed by atoms with E-state index in [2.05, 4.69) is 29.1 Å². The molecule has 0 saturated heterocycles. The van der Waals surface area contributed by atoms with Crippen LogP contribution in [-0.4, -0.2) is 19.6 Å². The normalized spacial score (nSPS) is 12.5. The Morgan fingerprint density at radius 1 is 1.60 bits per heavy atom. The van der Waals surface area contributed by atoms with Crippen molar-refractivity contribution < 1.29 is 9.53 Å². The summed E-state index contributed by atoms with van der Waals surface area (Å²) in [6, 6.07) is 4.21. The van der Waals surface area contributed by atoms with E-state index in [0.717, 1.165) is 6.54 Å². The summed E-state index contributed by atoms with van der Waals surface area (Å²) < 4.78 is 4.64. The van der Waals surface area contributed by atoms with Crippen molar-refractivity contribution in [1.29, 1.82) is 0 Å². The molecule has 15 heavy (non-hydrogen) atoms. The fourth-order valence-electron chi connectivity index (χ4n) is 1.28. The highest BCUT2D eigenvalue weighted by atomic mass is 32.1. The van der Waals surface area contributed by atoms with Crippen LogP contribution < -0.4 is 5.32 Å². The van der Waals surface area contributed by atoms with Gasteiger partial charge in [-0.05, 0) is 19.1 Å². The lowest BCUT2D eigenvalue weighted by Crippen LogP contribution is -2.26. The highest BCUT2D eigenvalue weighted by molar-refractivity contribution is 7.11. The number of ether oxygens (including phenoxy) is 1. The highest BCUT2D eigenvalue weighted by Gasteiger charge is 2.11. The molecule has 4 heteroatoms. The summed E-state index contributed by atoms with van der Waals surface area (Å²) >= 11 is 1.77. The van der Waals surface area contributed by atoms with Crippen molar-refractivity contribution in [3.63, 3.8) is 0 Å². The molecule has 0 aliphatic heterocycles. The van der Waals surface area contributed by atoms with Crippen LogP contribution in [0.4, 0.5) is 0 Å². The van der Waals surface area contributed by atoms with Crippen molar-refractivity contribution in [3.8, 4) is 0 Å². The summed E-state index contributed by atoms with van der Waals surface area (Å²) in [4.78, 5) is 13.7. The number of aryl methyl sites for hydroxylation is 1. The molecule has 1 heterocycles. The van der Waals surface area contributed by atoms with E-state index in [1.54, 1.807) is 11.3 Å². The van der Waals surface area contributed by atoms with Crippen LogP contribution in [0, 0.1) is 12.8 Å². The molecule has 0 spiro atoms. The van der Waals surface area contributed by atoms with E-state index in [1.165, 1.54) is 16.9 Å². The third-order valence-electron chi connectivity index (χ3n) is 2.15. The lowest BCUT2D eigenvalue weighted by molar-refractivity contribution is -0.144. The van der Waals surface area contributed by atoms with Crippen LogP contribution in [0.1, 0.15) is 16.7 Å². The van der Waals surface area contributed by atoms with Crippen LogP contribution in [0.3, 0.4) is 0 Å². The molecule has 1 rings (SSSR count). The first-order chi connectivity index (χ1) is 7.13. The van der Waals surface area contributed by atoms with E-state index in [9.17, 15) is 4.79 Å². The third-order valence-corrected chi connectivity index (χ3v) is 3.15. The van der Waals surface area contributed by atoms with Gasteiger partial charge >= 0.3 is 5.97 Å². The summed E-state index contributed by atoms with van der Waals surface area (Å²) in [6.07, 6.45) is 0. The molecule has 0 bridgehead atoms. The molecule has 1 N–H and O–H groups in total. The van der Waals surface area contributed by atoms with Gasteiger partial charge in [-0.3, -0.25) is 4.79 Å². The molecule has 1 atom stereocenters. The first-order valence-corrected chi connectivity index (χ1v) is 5.79. The van der Waals surface area contributed by atoms with Gasteiger partial charge in [0.1, 0.15) is 0 Å². The molecule has 0 aromatic carbocycles. The summed E-state index contributed by atoms with van der Waals surface area (Å²) in [5, 5.41) is 3.24. The zero-order valence-corrected chi connectivity index (χ0v) is 10.2. The fourth-order valence-corrected chi connectivity index (χ4v) is 2.14. The van der Waals surface area contributed by atoms with Gasteiger partial charge in [0.15, 0.2) is 0 Å². The van der Waals surface area contributed by atoms with Gasteiger partial charge in [-0.15, -0.1) is 11.3 Å². The molecule has 1 aromatic rings. The first-order valence-electron chi connectivity index (χ1n) is 4.97. The van der Waals surface area contributed by atoms with Crippen molar-refractivity contribution in [3.05, 3.63) is 21.9 Å². The van der Waals surface area contributed by atoms with Gasteiger partial charge in [0.2, 0.25) is 0 Å². The molecular weight excluding hydrogens is 210 g/mol. The van der Waals surface area contributed by atoms with Crippen LogP contribution in [0.5, 0.6) is 0 Å². The van der Waals surface area contributed by atoms with Gasteiger partial charge in [0.25, 0.3) is 0 Å². The minimum atomic E-state index is -0.162. The Bertz CT molecular complexity index is 322. The number of methoxy groups -OCH3 is 1. The molecule has 0 radical (unpaired) electrons. The Hall–Kier alpha value is -0.870. The molecular formula is C11H17NO2S. The molecule has 0 amide bonds. The fraction of sp³-hybridized carbons (Fsp3) is 0.545. The molecule has 3 nitrogen and oxygen atoms in total. The van der Waals surface area contributed by atoms with Gasteiger partial charge in [-0.1, -0.05) is 6.92 Å². The van der Waals surface area contributed by atoms with Crippen molar-refractivity contribution >= 4 is 17.3 Å². The van der Waals surface area contributed by atoms with Crippen LogP contribution in [0.15, 0.2) is 12.1 Å². The maximum Gasteiger partial charge on any atom is 0.309 e. The number of carbonyl (C=O) groups excluding carboxylic acids is 1. The van der Waals surface area contributed by atoms with Gasteiger partial charge in [0.05, 0.1) is 13.0 Å². The highest BCUT2D eigenvalue weighted by Crippen LogP contribution is 2.14. The average Bonchev–Trinajstić information content (AvgIpc) is 2.63. The molecule has 0 aliphatic rings. The SMILES string of the molecule is COC(=O)C(C)CNCc1ccc(C)s1.